The maximum Gasteiger partial charge on any atom is 0.186 e. The Kier molecular flexibility index (Phi) is 2.23. The number of hydrogen-bond donors (Lipinski definition) is 2. The molecule has 2 rings (SSSR count). The Labute approximate surface area is 82.8 Å². The Bertz CT molecular complexity index is 375. The van der Waals surface area contributed by atoms with Gasteiger partial charge in [-0.05, 0) is 17.2 Å². The fourth-order valence-corrected chi connectivity index (χ4v) is 1.46. The minimum atomic E-state index is -1.67. The first-order valence-corrected chi connectivity index (χ1v) is 4.57. The molecule has 0 atom stereocenters. The Balaban J connectivity index is 2.25. The van der Waals surface area contributed by atoms with E-state index in [0.717, 1.165) is 11.1 Å². The molecule has 0 radical (unpaired) electrons. The second kappa shape index (κ2) is 3.40. The van der Waals surface area contributed by atoms with Gasteiger partial charge in [0.1, 0.15) is 0 Å². The smallest absolute Gasteiger partial charge is 0.186 e. The summed E-state index contributed by atoms with van der Waals surface area (Å²) in [6.45, 7) is 0. The summed E-state index contributed by atoms with van der Waals surface area (Å²) in [4.78, 5) is 0. The van der Waals surface area contributed by atoms with Crippen molar-refractivity contribution in [3.05, 3.63) is 54.1 Å². The van der Waals surface area contributed by atoms with Crippen LogP contribution in [0.25, 0.3) is 5.57 Å². The van der Waals surface area contributed by atoms with Crippen molar-refractivity contribution in [3.8, 4) is 0 Å². The van der Waals surface area contributed by atoms with Crippen LogP contribution in [0.4, 0.5) is 0 Å². The number of benzene rings is 1. The minimum Gasteiger partial charge on any atom is -0.362 e. The van der Waals surface area contributed by atoms with E-state index in [0.29, 0.717) is 0 Å². The van der Waals surface area contributed by atoms with Crippen LogP contribution >= 0.6 is 0 Å². The fraction of sp³-hybridized carbons (Fsp3) is 0.167. The second-order valence-electron chi connectivity index (χ2n) is 3.44. The van der Waals surface area contributed by atoms with Crippen LogP contribution in [-0.2, 0) is 0 Å². The molecule has 0 unspecified atom stereocenters. The van der Waals surface area contributed by atoms with Crippen LogP contribution in [0, 0.1) is 0 Å². The van der Waals surface area contributed by atoms with Crippen LogP contribution in [0.3, 0.4) is 0 Å². The molecule has 72 valence electrons. The standard InChI is InChI=1S/C12H12O2/c13-12(14)8-6-11(7-9-12)10-4-2-1-3-5-10/h1-8,13-14H,9H2. The molecule has 0 heterocycles. The summed E-state index contributed by atoms with van der Waals surface area (Å²) < 4.78 is 0. The second-order valence-corrected chi connectivity index (χ2v) is 3.44. The number of hydrogen-bond acceptors (Lipinski definition) is 2. The molecular weight excluding hydrogens is 176 g/mol. The van der Waals surface area contributed by atoms with E-state index >= 15 is 0 Å². The average molecular weight is 188 g/mol. The van der Waals surface area contributed by atoms with Gasteiger partial charge >= 0.3 is 0 Å². The predicted octanol–water partition coefficient (Wildman–Crippen LogP) is 1.71. The zero-order valence-corrected chi connectivity index (χ0v) is 7.72. The highest BCUT2D eigenvalue weighted by Gasteiger charge is 2.20. The van der Waals surface area contributed by atoms with Crippen molar-refractivity contribution in [3.63, 3.8) is 0 Å². The largest absolute Gasteiger partial charge is 0.362 e. The quantitative estimate of drug-likeness (QED) is 0.659. The molecule has 0 saturated carbocycles. The van der Waals surface area contributed by atoms with E-state index < -0.39 is 5.79 Å². The monoisotopic (exact) mass is 188 g/mol. The molecule has 1 aliphatic carbocycles. The van der Waals surface area contributed by atoms with Crippen LogP contribution in [-0.4, -0.2) is 16.0 Å². The van der Waals surface area contributed by atoms with Crippen molar-refractivity contribution in [1.29, 1.82) is 0 Å². The van der Waals surface area contributed by atoms with Crippen LogP contribution in [0.5, 0.6) is 0 Å². The third-order valence-corrected chi connectivity index (χ3v) is 2.26. The van der Waals surface area contributed by atoms with Gasteiger partial charge in [0, 0.05) is 6.42 Å². The zero-order chi connectivity index (χ0) is 10.0. The lowest BCUT2D eigenvalue weighted by atomic mass is 9.97. The minimum absolute atomic E-state index is 0.244. The zero-order valence-electron chi connectivity index (χ0n) is 7.72. The molecule has 0 aromatic heterocycles. The molecule has 0 aliphatic heterocycles. The molecule has 0 bridgehead atoms. The number of rotatable bonds is 1. The highest BCUT2D eigenvalue weighted by Crippen LogP contribution is 2.24. The van der Waals surface area contributed by atoms with E-state index in [1.807, 2.05) is 36.4 Å². The van der Waals surface area contributed by atoms with Gasteiger partial charge < -0.3 is 10.2 Å². The fourth-order valence-electron chi connectivity index (χ4n) is 1.46. The summed E-state index contributed by atoms with van der Waals surface area (Å²) in [5.74, 6) is -1.67. The summed E-state index contributed by atoms with van der Waals surface area (Å²) in [7, 11) is 0. The van der Waals surface area contributed by atoms with Crippen LogP contribution in [0.15, 0.2) is 48.6 Å². The summed E-state index contributed by atoms with van der Waals surface area (Å²) in [6.07, 6.45) is 5.22. The van der Waals surface area contributed by atoms with Crippen LogP contribution in [0.1, 0.15) is 12.0 Å². The molecular formula is C12H12O2. The maximum absolute atomic E-state index is 9.26. The van der Waals surface area contributed by atoms with Gasteiger partial charge in [-0.1, -0.05) is 42.5 Å². The van der Waals surface area contributed by atoms with Crippen molar-refractivity contribution in [2.45, 2.75) is 12.2 Å². The average Bonchev–Trinajstić information content (AvgIpc) is 2.19. The first kappa shape index (κ1) is 9.19. The summed E-state index contributed by atoms with van der Waals surface area (Å²) in [6, 6.07) is 9.88. The molecule has 1 aromatic carbocycles. The van der Waals surface area contributed by atoms with E-state index in [1.54, 1.807) is 6.08 Å². The third kappa shape index (κ3) is 1.92. The van der Waals surface area contributed by atoms with Gasteiger partial charge in [0.2, 0.25) is 0 Å². The molecule has 1 aliphatic rings. The van der Waals surface area contributed by atoms with Gasteiger partial charge in [0.15, 0.2) is 5.79 Å². The van der Waals surface area contributed by atoms with Gasteiger partial charge in [-0.15, -0.1) is 0 Å². The normalized spacial score (nSPS) is 19.1. The first-order chi connectivity index (χ1) is 6.67. The molecule has 14 heavy (non-hydrogen) atoms. The van der Waals surface area contributed by atoms with Crippen LogP contribution < -0.4 is 0 Å². The van der Waals surface area contributed by atoms with E-state index in [1.165, 1.54) is 6.08 Å². The molecule has 2 nitrogen and oxygen atoms in total. The van der Waals surface area contributed by atoms with Gasteiger partial charge in [0.25, 0.3) is 0 Å². The van der Waals surface area contributed by atoms with E-state index in [-0.39, 0.29) is 6.42 Å². The molecule has 0 fully saturated rings. The Morgan fingerprint density at radius 3 is 2.36 bits per heavy atom. The predicted molar refractivity (Wildman–Crippen MR) is 55.3 cm³/mol. The SMILES string of the molecule is OC1(O)C=CC(c2ccccc2)=CC1. The van der Waals surface area contributed by atoms with Crippen LogP contribution in [0.2, 0.25) is 0 Å². The Morgan fingerprint density at radius 2 is 1.79 bits per heavy atom. The molecule has 0 saturated heterocycles. The lowest BCUT2D eigenvalue weighted by molar-refractivity contribution is -0.114. The molecule has 0 amide bonds. The highest BCUT2D eigenvalue weighted by atomic mass is 16.5. The van der Waals surface area contributed by atoms with E-state index in [2.05, 4.69) is 0 Å². The lowest BCUT2D eigenvalue weighted by Gasteiger charge is -2.19. The van der Waals surface area contributed by atoms with Gasteiger partial charge in [-0.2, -0.15) is 0 Å². The topological polar surface area (TPSA) is 40.5 Å². The third-order valence-electron chi connectivity index (χ3n) is 2.26. The van der Waals surface area contributed by atoms with Gasteiger partial charge in [-0.25, -0.2) is 0 Å². The van der Waals surface area contributed by atoms with Crippen molar-refractivity contribution in [2.24, 2.45) is 0 Å². The number of allylic oxidation sites excluding steroid dienone is 2. The summed E-state index contributed by atoms with van der Waals surface area (Å²) >= 11 is 0. The van der Waals surface area contributed by atoms with E-state index in [9.17, 15) is 10.2 Å². The van der Waals surface area contributed by atoms with Crippen molar-refractivity contribution in [2.75, 3.05) is 0 Å². The highest BCUT2D eigenvalue weighted by molar-refractivity contribution is 5.75. The van der Waals surface area contributed by atoms with Gasteiger partial charge in [-0.3, -0.25) is 0 Å². The van der Waals surface area contributed by atoms with E-state index in [4.69, 9.17) is 0 Å². The first-order valence-electron chi connectivity index (χ1n) is 4.57. The lowest BCUT2D eigenvalue weighted by Crippen LogP contribution is -2.25. The Morgan fingerprint density at radius 1 is 1.07 bits per heavy atom. The molecule has 2 heteroatoms. The van der Waals surface area contributed by atoms with Crippen molar-refractivity contribution >= 4 is 5.57 Å². The van der Waals surface area contributed by atoms with Gasteiger partial charge in [0.05, 0.1) is 0 Å². The summed E-state index contributed by atoms with van der Waals surface area (Å²) in [5.41, 5.74) is 2.13. The maximum atomic E-state index is 9.26. The summed E-state index contributed by atoms with van der Waals surface area (Å²) in [5, 5.41) is 18.5. The molecule has 2 N–H and O–H groups in total. The Hall–Kier alpha value is -1.38. The number of aliphatic hydroxyl groups is 2. The van der Waals surface area contributed by atoms with Crippen molar-refractivity contribution in [1.82, 2.24) is 0 Å². The van der Waals surface area contributed by atoms with Crippen molar-refractivity contribution < 1.29 is 10.2 Å². The molecule has 0 spiro atoms. The molecule has 1 aromatic rings.